The van der Waals surface area contributed by atoms with E-state index < -0.39 is 24.0 Å². The first-order valence-corrected chi connectivity index (χ1v) is 6.87. The van der Waals surface area contributed by atoms with Gasteiger partial charge >= 0.3 is 12.6 Å². The van der Waals surface area contributed by atoms with Crippen molar-refractivity contribution in [2.75, 3.05) is 20.8 Å². The normalized spacial score (nSPS) is 13.2. The van der Waals surface area contributed by atoms with Gasteiger partial charge in [0, 0.05) is 12.7 Å². The molecule has 9 heteroatoms. The van der Waals surface area contributed by atoms with Crippen LogP contribution in [0.15, 0.2) is 18.2 Å². The number of rotatable bonds is 9. The van der Waals surface area contributed by atoms with Crippen LogP contribution in [0.5, 0.6) is 11.5 Å². The summed E-state index contributed by atoms with van der Waals surface area (Å²) < 4.78 is 38.7. The molecule has 1 aromatic carbocycles. The summed E-state index contributed by atoms with van der Waals surface area (Å²) in [5.74, 6) is -1.96. The molecule has 1 amide bonds. The third kappa shape index (κ3) is 5.65. The lowest BCUT2D eigenvalue weighted by molar-refractivity contribution is -0.139. The van der Waals surface area contributed by atoms with Gasteiger partial charge in [-0.15, -0.1) is 0 Å². The number of alkyl halides is 2. The van der Waals surface area contributed by atoms with Gasteiger partial charge in [-0.1, -0.05) is 0 Å². The summed E-state index contributed by atoms with van der Waals surface area (Å²) in [5.41, 5.74) is -1.04. The van der Waals surface area contributed by atoms with Gasteiger partial charge in [-0.25, -0.2) is 0 Å². The van der Waals surface area contributed by atoms with E-state index in [9.17, 15) is 18.4 Å². The summed E-state index contributed by atoms with van der Waals surface area (Å²) in [6.07, 6.45) is -0.351. The molecule has 0 aromatic heterocycles. The van der Waals surface area contributed by atoms with Crippen molar-refractivity contribution in [2.45, 2.75) is 25.5 Å². The molecule has 1 unspecified atom stereocenters. The van der Waals surface area contributed by atoms with Crippen molar-refractivity contribution in [1.29, 1.82) is 0 Å². The average molecular weight is 347 g/mol. The number of nitrogens with one attached hydrogen (secondary N) is 1. The molecule has 0 heterocycles. The SMILES string of the molecule is COCC(C)(CC(=O)O)NC(=O)c1ccc(OC(F)F)c(OC)c1. The Kier molecular flexibility index (Phi) is 6.90. The molecule has 2 N–H and O–H groups in total. The Morgan fingerprint density at radius 3 is 2.46 bits per heavy atom. The summed E-state index contributed by atoms with van der Waals surface area (Å²) in [6, 6.07) is 3.66. The van der Waals surface area contributed by atoms with Crippen LogP contribution in [-0.2, 0) is 9.53 Å². The van der Waals surface area contributed by atoms with Crippen LogP contribution in [-0.4, -0.2) is 50.0 Å². The highest BCUT2D eigenvalue weighted by atomic mass is 19.3. The lowest BCUT2D eigenvalue weighted by atomic mass is 9.98. The number of carboxylic acid groups (broad SMARTS) is 1. The Bertz CT molecular complexity index is 595. The number of benzene rings is 1. The van der Waals surface area contributed by atoms with Gasteiger partial charge in [-0.05, 0) is 25.1 Å². The lowest BCUT2D eigenvalue weighted by Gasteiger charge is -2.28. The number of hydrogen-bond acceptors (Lipinski definition) is 5. The number of ether oxygens (including phenoxy) is 3. The average Bonchev–Trinajstić information content (AvgIpc) is 2.45. The maximum Gasteiger partial charge on any atom is 0.387 e. The molecule has 1 rings (SSSR count). The number of halogens is 2. The van der Waals surface area contributed by atoms with E-state index in [-0.39, 0.29) is 30.1 Å². The van der Waals surface area contributed by atoms with Crippen LogP contribution in [0.1, 0.15) is 23.7 Å². The van der Waals surface area contributed by atoms with Gasteiger partial charge in [0.2, 0.25) is 0 Å². The molecule has 1 atom stereocenters. The number of carboxylic acids is 1. The van der Waals surface area contributed by atoms with Crippen LogP contribution in [0.25, 0.3) is 0 Å². The Morgan fingerprint density at radius 1 is 1.29 bits per heavy atom. The summed E-state index contributed by atoms with van der Waals surface area (Å²) in [4.78, 5) is 23.3. The van der Waals surface area contributed by atoms with Crippen molar-refractivity contribution in [2.24, 2.45) is 0 Å². The molecule has 7 nitrogen and oxygen atoms in total. The number of carbonyl (C=O) groups excluding carboxylic acids is 1. The van der Waals surface area contributed by atoms with Crippen molar-refractivity contribution in [3.63, 3.8) is 0 Å². The molecule has 0 saturated heterocycles. The standard InChI is InChI=1S/C15H19F2NO6/c1-15(8-22-2,7-12(19)20)18-13(21)9-4-5-10(24-14(16)17)11(6-9)23-3/h4-6,14H,7-8H2,1-3H3,(H,18,21)(H,19,20). The lowest BCUT2D eigenvalue weighted by Crippen LogP contribution is -2.50. The molecule has 0 radical (unpaired) electrons. The predicted octanol–water partition coefficient (Wildman–Crippen LogP) is 1.91. The highest BCUT2D eigenvalue weighted by Gasteiger charge is 2.30. The van der Waals surface area contributed by atoms with Crippen LogP contribution in [0.3, 0.4) is 0 Å². The van der Waals surface area contributed by atoms with Crippen molar-refractivity contribution < 1.29 is 37.7 Å². The number of hydrogen-bond donors (Lipinski definition) is 2. The van der Waals surface area contributed by atoms with E-state index in [0.29, 0.717) is 0 Å². The minimum atomic E-state index is -3.03. The molecule has 0 aliphatic carbocycles. The topological polar surface area (TPSA) is 94.1 Å². The van der Waals surface area contributed by atoms with E-state index in [1.54, 1.807) is 0 Å². The molecule has 0 aliphatic heterocycles. The fourth-order valence-electron chi connectivity index (χ4n) is 2.13. The van der Waals surface area contributed by atoms with Crippen LogP contribution < -0.4 is 14.8 Å². The molecule has 24 heavy (non-hydrogen) atoms. The smallest absolute Gasteiger partial charge is 0.387 e. The number of amides is 1. The van der Waals surface area contributed by atoms with Crippen LogP contribution >= 0.6 is 0 Å². The van der Waals surface area contributed by atoms with Gasteiger partial charge in [-0.3, -0.25) is 9.59 Å². The van der Waals surface area contributed by atoms with Crippen molar-refractivity contribution >= 4 is 11.9 Å². The first-order chi connectivity index (χ1) is 11.2. The molecule has 0 spiro atoms. The Balaban J connectivity index is 2.99. The zero-order valence-corrected chi connectivity index (χ0v) is 13.5. The first-order valence-electron chi connectivity index (χ1n) is 6.87. The fraction of sp³-hybridized carbons (Fsp3) is 0.467. The van der Waals surface area contributed by atoms with Crippen LogP contribution in [0.2, 0.25) is 0 Å². The Morgan fingerprint density at radius 2 is 1.96 bits per heavy atom. The molecule has 0 bridgehead atoms. The van der Waals surface area contributed by atoms with E-state index in [1.165, 1.54) is 39.3 Å². The molecule has 0 fully saturated rings. The molecule has 0 aliphatic rings. The first kappa shape index (κ1) is 19.6. The number of aliphatic carboxylic acids is 1. The molecule has 134 valence electrons. The van der Waals surface area contributed by atoms with Gasteiger partial charge in [0.05, 0.1) is 25.7 Å². The molecule has 1 aromatic rings. The molecular weight excluding hydrogens is 328 g/mol. The number of carbonyl (C=O) groups is 2. The largest absolute Gasteiger partial charge is 0.493 e. The summed E-state index contributed by atoms with van der Waals surface area (Å²) >= 11 is 0. The number of methoxy groups -OCH3 is 2. The third-order valence-electron chi connectivity index (χ3n) is 3.06. The quantitative estimate of drug-likeness (QED) is 0.709. The zero-order chi connectivity index (χ0) is 18.3. The zero-order valence-electron chi connectivity index (χ0n) is 13.5. The van der Waals surface area contributed by atoms with Crippen LogP contribution in [0, 0.1) is 0 Å². The maximum atomic E-state index is 12.3. The van der Waals surface area contributed by atoms with Gasteiger partial charge < -0.3 is 24.6 Å². The van der Waals surface area contributed by atoms with E-state index in [1.807, 2.05) is 0 Å². The highest BCUT2D eigenvalue weighted by Crippen LogP contribution is 2.29. The molecule has 0 saturated carbocycles. The monoisotopic (exact) mass is 347 g/mol. The highest BCUT2D eigenvalue weighted by molar-refractivity contribution is 5.95. The van der Waals surface area contributed by atoms with Gasteiger partial charge in [0.15, 0.2) is 11.5 Å². The van der Waals surface area contributed by atoms with E-state index >= 15 is 0 Å². The molecular formula is C15H19F2NO6. The second-order valence-corrected chi connectivity index (χ2v) is 5.26. The van der Waals surface area contributed by atoms with Crippen molar-refractivity contribution in [1.82, 2.24) is 5.32 Å². The Labute approximate surface area is 137 Å². The summed E-state index contributed by atoms with van der Waals surface area (Å²) in [6.45, 7) is -1.53. The minimum Gasteiger partial charge on any atom is -0.493 e. The van der Waals surface area contributed by atoms with Gasteiger partial charge in [0.25, 0.3) is 5.91 Å². The van der Waals surface area contributed by atoms with E-state index in [0.717, 1.165) is 0 Å². The predicted molar refractivity (Wildman–Crippen MR) is 79.6 cm³/mol. The van der Waals surface area contributed by atoms with E-state index in [4.69, 9.17) is 14.6 Å². The summed E-state index contributed by atoms with van der Waals surface area (Å²) in [7, 11) is 2.63. The third-order valence-corrected chi connectivity index (χ3v) is 3.06. The fourth-order valence-corrected chi connectivity index (χ4v) is 2.13. The van der Waals surface area contributed by atoms with Gasteiger partial charge in [-0.2, -0.15) is 8.78 Å². The van der Waals surface area contributed by atoms with Crippen molar-refractivity contribution in [3.05, 3.63) is 23.8 Å². The second kappa shape index (κ2) is 8.44. The Hall–Kier alpha value is -2.42. The van der Waals surface area contributed by atoms with E-state index in [2.05, 4.69) is 10.1 Å². The minimum absolute atomic E-state index is 0.0191. The second-order valence-electron chi connectivity index (χ2n) is 5.26. The maximum absolute atomic E-state index is 12.3. The van der Waals surface area contributed by atoms with Crippen molar-refractivity contribution in [3.8, 4) is 11.5 Å². The van der Waals surface area contributed by atoms with Gasteiger partial charge in [0.1, 0.15) is 0 Å². The summed E-state index contributed by atoms with van der Waals surface area (Å²) in [5, 5.41) is 11.5. The van der Waals surface area contributed by atoms with Crippen LogP contribution in [0.4, 0.5) is 8.78 Å².